The molecule has 116 valence electrons. The van der Waals surface area contributed by atoms with E-state index in [2.05, 4.69) is 21.7 Å². The molecule has 1 aliphatic rings. The van der Waals surface area contributed by atoms with Crippen LogP contribution in [0.4, 0.5) is 10.1 Å². The number of benzene rings is 1. The van der Waals surface area contributed by atoms with Gasteiger partial charge < -0.3 is 5.32 Å². The Hall–Kier alpha value is -1.72. The van der Waals surface area contributed by atoms with Gasteiger partial charge in [-0.15, -0.1) is 11.3 Å². The minimum atomic E-state index is -0.300. The molecule has 1 aromatic heterocycles. The van der Waals surface area contributed by atoms with E-state index < -0.39 is 0 Å². The zero-order valence-electron chi connectivity index (χ0n) is 12.7. The zero-order valence-corrected chi connectivity index (χ0v) is 13.5. The summed E-state index contributed by atoms with van der Waals surface area (Å²) in [7, 11) is 0. The van der Waals surface area contributed by atoms with Crippen LogP contribution in [0.15, 0.2) is 29.6 Å². The summed E-state index contributed by atoms with van der Waals surface area (Å²) in [5.41, 5.74) is 2.40. The van der Waals surface area contributed by atoms with E-state index in [0.717, 1.165) is 19.5 Å². The molecule has 22 heavy (non-hydrogen) atoms. The van der Waals surface area contributed by atoms with E-state index in [9.17, 15) is 9.18 Å². The van der Waals surface area contributed by atoms with E-state index in [-0.39, 0.29) is 17.8 Å². The van der Waals surface area contributed by atoms with Crippen LogP contribution in [0.2, 0.25) is 0 Å². The highest BCUT2D eigenvalue weighted by Crippen LogP contribution is 2.25. The Bertz CT molecular complexity index is 698. The molecule has 0 radical (unpaired) electrons. The number of hydrogen-bond acceptors (Lipinski definition) is 3. The van der Waals surface area contributed by atoms with E-state index in [0.29, 0.717) is 11.3 Å². The summed E-state index contributed by atoms with van der Waals surface area (Å²) < 4.78 is 13.6. The van der Waals surface area contributed by atoms with Crippen LogP contribution in [-0.4, -0.2) is 23.4 Å². The third-order valence-corrected chi connectivity index (χ3v) is 5.23. The molecule has 0 fully saturated rings. The van der Waals surface area contributed by atoms with Crippen LogP contribution in [0.1, 0.15) is 22.9 Å². The monoisotopic (exact) mass is 318 g/mol. The molecule has 3 rings (SSSR count). The molecule has 1 N–H and O–H groups in total. The highest BCUT2D eigenvalue weighted by Gasteiger charge is 2.25. The van der Waals surface area contributed by atoms with Crippen molar-refractivity contribution >= 4 is 22.9 Å². The van der Waals surface area contributed by atoms with Crippen molar-refractivity contribution in [2.75, 3.05) is 11.9 Å². The lowest BCUT2D eigenvalue weighted by molar-refractivity contribution is -0.121. The van der Waals surface area contributed by atoms with Gasteiger partial charge in [0.05, 0.1) is 6.04 Å². The maximum absolute atomic E-state index is 13.6. The molecule has 1 atom stereocenters. The summed E-state index contributed by atoms with van der Waals surface area (Å²) >= 11 is 1.78. The summed E-state index contributed by atoms with van der Waals surface area (Å²) in [5.74, 6) is -0.395. The van der Waals surface area contributed by atoms with Crippen LogP contribution < -0.4 is 5.32 Å². The van der Waals surface area contributed by atoms with Gasteiger partial charge in [-0.2, -0.15) is 0 Å². The molecular formula is C17H19FN2OS. The average Bonchev–Trinajstić information content (AvgIpc) is 2.97. The van der Waals surface area contributed by atoms with Gasteiger partial charge in [0.2, 0.25) is 5.91 Å². The second-order valence-electron chi connectivity index (χ2n) is 5.72. The lowest BCUT2D eigenvalue weighted by Crippen LogP contribution is -2.44. The normalized spacial score (nSPS) is 16.1. The highest BCUT2D eigenvalue weighted by atomic mass is 32.1. The summed E-state index contributed by atoms with van der Waals surface area (Å²) in [5, 5.41) is 4.91. The minimum Gasteiger partial charge on any atom is -0.325 e. The third kappa shape index (κ3) is 3.05. The molecule has 2 aromatic rings. The molecule has 1 aromatic carbocycles. The quantitative estimate of drug-likeness (QED) is 0.938. The standard InChI is InChI=1S/C17H19FN2OS/c1-11-3-4-14(9-15(11)18)19-17(21)12(2)20-7-5-16-13(10-20)6-8-22-16/h3-4,6,8-9,12H,5,7,10H2,1-2H3,(H,19,21)/t12-/m1/s1. The van der Waals surface area contributed by atoms with Gasteiger partial charge in [0.1, 0.15) is 5.82 Å². The largest absolute Gasteiger partial charge is 0.325 e. The maximum Gasteiger partial charge on any atom is 0.241 e. The second kappa shape index (κ2) is 6.18. The number of aryl methyl sites for hydroxylation is 1. The molecule has 0 saturated heterocycles. The Labute approximate surface area is 133 Å². The molecule has 1 amide bonds. The molecule has 1 aliphatic heterocycles. The van der Waals surface area contributed by atoms with Gasteiger partial charge in [-0.3, -0.25) is 9.69 Å². The van der Waals surface area contributed by atoms with Crippen molar-refractivity contribution in [2.24, 2.45) is 0 Å². The SMILES string of the molecule is Cc1ccc(NC(=O)[C@@H](C)N2CCc3sccc3C2)cc1F. The van der Waals surface area contributed by atoms with E-state index >= 15 is 0 Å². The smallest absolute Gasteiger partial charge is 0.241 e. The Kier molecular flexibility index (Phi) is 4.27. The number of thiophene rings is 1. The average molecular weight is 318 g/mol. The van der Waals surface area contributed by atoms with Crippen LogP contribution in [0.5, 0.6) is 0 Å². The first-order chi connectivity index (χ1) is 10.5. The van der Waals surface area contributed by atoms with Crippen molar-refractivity contribution < 1.29 is 9.18 Å². The molecular weight excluding hydrogens is 299 g/mol. The Morgan fingerprint density at radius 2 is 2.23 bits per heavy atom. The summed E-state index contributed by atoms with van der Waals surface area (Å²) in [6, 6.07) is 6.67. The van der Waals surface area contributed by atoms with Crippen molar-refractivity contribution in [3.05, 3.63) is 51.5 Å². The number of nitrogens with zero attached hydrogens (tertiary/aromatic N) is 1. The van der Waals surface area contributed by atoms with E-state index in [4.69, 9.17) is 0 Å². The molecule has 0 saturated carbocycles. The van der Waals surface area contributed by atoms with Gasteiger partial charge in [-0.05, 0) is 55.0 Å². The number of carbonyl (C=O) groups excluding carboxylic acids is 1. The summed E-state index contributed by atoms with van der Waals surface area (Å²) in [6.45, 7) is 5.28. The summed E-state index contributed by atoms with van der Waals surface area (Å²) in [6.07, 6.45) is 0.990. The fraction of sp³-hybridized carbons (Fsp3) is 0.353. The number of anilines is 1. The van der Waals surface area contributed by atoms with E-state index in [1.807, 2.05) is 6.92 Å². The first-order valence-corrected chi connectivity index (χ1v) is 8.29. The predicted molar refractivity (Wildman–Crippen MR) is 87.7 cm³/mol. The number of carbonyl (C=O) groups is 1. The number of nitrogens with one attached hydrogen (secondary N) is 1. The topological polar surface area (TPSA) is 32.3 Å². The van der Waals surface area contributed by atoms with Crippen LogP contribution in [0.25, 0.3) is 0 Å². The van der Waals surface area contributed by atoms with E-state index in [1.54, 1.807) is 30.4 Å². The molecule has 0 spiro atoms. The number of rotatable bonds is 3. The van der Waals surface area contributed by atoms with Crippen molar-refractivity contribution in [2.45, 2.75) is 32.9 Å². The predicted octanol–water partition coefficient (Wildman–Crippen LogP) is 3.58. The molecule has 0 bridgehead atoms. The minimum absolute atomic E-state index is 0.0954. The maximum atomic E-state index is 13.6. The Balaban J connectivity index is 1.66. The number of fused-ring (bicyclic) bond motifs is 1. The van der Waals surface area contributed by atoms with Gasteiger partial charge in [-0.25, -0.2) is 4.39 Å². The Morgan fingerprint density at radius 1 is 1.41 bits per heavy atom. The number of hydrogen-bond donors (Lipinski definition) is 1. The van der Waals surface area contributed by atoms with Gasteiger partial charge >= 0.3 is 0 Å². The molecule has 5 heteroatoms. The molecule has 0 aliphatic carbocycles. The fourth-order valence-electron chi connectivity index (χ4n) is 2.68. The van der Waals surface area contributed by atoms with Gasteiger partial charge in [-0.1, -0.05) is 6.07 Å². The number of halogens is 1. The van der Waals surface area contributed by atoms with Crippen molar-refractivity contribution in [3.63, 3.8) is 0 Å². The van der Waals surface area contributed by atoms with Gasteiger partial charge in [0, 0.05) is 23.7 Å². The van der Waals surface area contributed by atoms with Crippen molar-refractivity contribution in [3.8, 4) is 0 Å². The van der Waals surface area contributed by atoms with E-state index in [1.165, 1.54) is 16.5 Å². The zero-order chi connectivity index (χ0) is 15.7. The molecule has 3 nitrogen and oxygen atoms in total. The van der Waals surface area contributed by atoms with Crippen LogP contribution in [0, 0.1) is 12.7 Å². The highest BCUT2D eigenvalue weighted by molar-refractivity contribution is 7.10. The third-order valence-electron chi connectivity index (χ3n) is 4.20. The van der Waals surface area contributed by atoms with Crippen LogP contribution >= 0.6 is 11.3 Å². The first kappa shape index (κ1) is 15.2. The van der Waals surface area contributed by atoms with Crippen LogP contribution in [0.3, 0.4) is 0 Å². The van der Waals surface area contributed by atoms with Crippen molar-refractivity contribution in [1.82, 2.24) is 4.90 Å². The van der Waals surface area contributed by atoms with Crippen molar-refractivity contribution in [1.29, 1.82) is 0 Å². The van der Waals surface area contributed by atoms with Gasteiger partial charge in [0.25, 0.3) is 0 Å². The number of amides is 1. The summed E-state index contributed by atoms with van der Waals surface area (Å²) in [4.78, 5) is 16.0. The Morgan fingerprint density at radius 3 is 3.00 bits per heavy atom. The van der Waals surface area contributed by atoms with Crippen LogP contribution in [-0.2, 0) is 17.8 Å². The molecule has 2 heterocycles. The lowest BCUT2D eigenvalue weighted by Gasteiger charge is -2.31. The fourth-order valence-corrected chi connectivity index (χ4v) is 3.57. The first-order valence-electron chi connectivity index (χ1n) is 7.41. The van der Waals surface area contributed by atoms with Gasteiger partial charge in [0.15, 0.2) is 0 Å². The second-order valence-corrected chi connectivity index (χ2v) is 6.72. The lowest BCUT2D eigenvalue weighted by atomic mass is 10.1. The molecule has 0 unspecified atom stereocenters.